The molecule has 1 aliphatic rings. The molecule has 0 aliphatic carbocycles. The first kappa shape index (κ1) is 21.1. The van der Waals surface area contributed by atoms with Gasteiger partial charge in [0.1, 0.15) is 10.9 Å². The fourth-order valence-electron chi connectivity index (χ4n) is 3.21. The van der Waals surface area contributed by atoms with Crippen molar-refractivity contribution in [2.45, 2.75) is 26.8 Å². The minimum Gasteiger partial charge on any atom is -0.481 e. The van der Waals surface area contributed by atoms with Crippen LogP contribution in [0.1, 0.15) is 24.6 Å². The summed E-state index contributed by atoms with van der Waals surface area (Å²) >= 11 is 6.40. The Balaban J connectivity index is 1.99. The van der Waals surface area contributed by atoms with Crippen molar-refractivity contribution in [3.05, 3.63) is 40.4 Å². The van der Waals surface area contributed by atoms with Crippen molar-refractivity contribution < 1.29 is 24.2 Å². The fraction of sp³-hybridized carbons (Fsp3) is 0.300. The Morgan fingerprint density at radius 2 is 2.03 bits per heavy atom. The molecule has 1 saturated heterocycles. The van der Waals surface area contributed by atoms with Gasteiger partial charge in [0, 0.05) is 28.7 Å². The highest BCUT2D eigenvalue weighted by molar-refractivity contribution is 8.26. The summed E-state index contributed by atoms with van der Waals surface area (Å²) in [5.41, 5.74) is 2.52. The van der Waals surface area contributed by atoms with Crippen LogP contribution in [0.3, 0.4) is 0 Å². The largest absolute Gasteiger partial charge is 0.481 e. The van der Waals surface area contributed by atoms with E-state index in [0.717, 1.165) is 33.9 Å². The highest BCUT2D eigenvalue weighted by Crippen LogP contribution is 2.35. The number of hydrogen-bond acceptors (Lipinski definition) is 6. The van der Waals surface area contributed by atoms with Crippen LogP contribution in [0.15, 0.2) is 29.2 Å². The Hall–Kier alpha value is -2.65. The van der Waals surface area contributed by atoms with E-state index >= 15 is 0 Å². The molecule has 1 aliphatic heterocycles. The second-order valence-electron chi connectivity index (χ2n) is 6.38. The topological polar surface area (TPSA) is 88.8 Å². The molecule has 1 N–H and O–H groups in total. The van der Waals surface area contributed by atoms with Gasteiger partial charge in [-0.1, -0.05) is 42.2 Å². The van der Waals surface area contributed by atoms with Crippen LogP contribution in [0.25, 0.3) is 17.0 Å². The van der Waals surface area contributed by atoms with Gasteiger partial charge in [-0.25, -0.2) is 0 Å². The summed E-state index contributed by atoms with van der Waals surface area (Å²) in [6.07, 6.45) is 1.59. The van der Waals surface area contributed by atoms with Crippen molar-refractivity contribution in [3.63, 3.8) is 0 Å². The number of fused-ring (bicyclic) bond motifs is 1. The van der Waals surface area contributed by atoms with Crippen molar-refractivity contribution in [2.75, 3.05) is 13.2 Å². The third kappa shape index (κ3) is 4.35. The summed E-state index contributed by atoms with van der Waals surface area (Å²) in [5, 5.41) is 9.78. The maximum atomic E-state index is 12.7. The number of nitrogens with zero attached hydrogens (tertiary/aromatic N) is 2. The molecule has 29 heavy (non-hydrogen) atoms. The Kier molecular flexibility index (Phi) is 6.39. The minimum atomic E-state index is -0.985. The second kappa shape index (κ2) is 8.79. The number of carboxylic acids is 1. The van der Waals surface area contributed by atoms with Gasteiger partial charge >= 0.3 is 11.9 Å². The zero-order chi connectivity index (χ0) is 21.1. The van der Waals surface area contributed by atoms with Gasteiger partial charge in [-0.05, 0) is 26.0 Å². The van der Waals surface area contributed by atoms with Gasteiger partial charge in [0.05, 0.1) is 17.9 Å². The van der Waals surface area contributed by atoms with E-state index in [1.807, 2.05) is 35.8 Å². The molecular formula is C20H20N2O5S2. The number of carboxylic acid groups (broad SMARTS) is 1. The van der Waals surface area contributed by atoms with E-state index in [1.165, 1.54) is 4.90 Å². The number of hydrogen-bond donors (Lipinski definition) is 1. The van der Waals surface area contributed by atoms with E-state index in [-0.39, 0.29) is 31.4 Å². The number of amides is 1. The van der Waals surface area contributed by atoms with Gasteiger partial charge in [0.25, 0.3) is 5.91 Å². The van der Waals surface area contributed by atoms with Gasteiger partial charge in [-0.3, -0.25) is 19.3 Å². The predicted molar refractivity (Wildman–Crippen MR) is 115 cm³/mol. The summed E-state index contributed by atoms with van der Waals surface area (Å²) in [5.74, 6) is -1.62. The molecule has 1 fully saturated rings. The average Bonchev–Trinajstić information content (AvgIpc) is 3.09. The molecule has 1 aromatic carbocycles. The number of benzene rings is 1. The maximum Gasteiger partial charge on any atom is 0.325 e. The van der Waals surface area contributed by atoms with E-state index in [4.69, 9.17) is 22.1 Å². The molecule has 7 nitrogen and oxygen atoms in total. The van der Waals surface area contributed by atoms with Crippen LogP contribution in [0.5, 0.6) is 0 Å². The van der Waals surface area contributed by atoms with Gasteiger partial charge in [-0.15, -0.1) is 0 Å². The van der Waals surface area contributed by atoms with Crippen LogP contribution >= 0.6 is 24.0 Å². The molecule has 0 spiro atoms. The molecule has 152 valence electrons. The molecule has 2 aromatic rings. The zero-order valence-corrected chi connectivity index (χ0v) is 17.6. The van der Waals surface area contributed by atoms with E-state index in [0.29, 0.717) is 15.8 Å². The summed E-state index contributed by atoms with van der Waals surface area (Å²) in [6.45, 7) is 4.07. The van der Waals surface area contributed by atoms with Crippen LogP contribution in [0.2, 0.25) is 0 Å². The number of aliphatic carboxylic acids is 1. The molecule has 1 aromatic heterocycles. The van der Waals surface area contributed by atoms with Crippen molar-refractivity contribution >= 4 is 63.1 Å². The highest BCUT2D eigenvalue weighted by atomic mass is 32.2. The second-order valence-corrected chi connectivity index (χ2v) is 8.06. The summed E-state index contributed by atoms with van der Waals surface area (Å²) in [4.78, 5) is 37.3. The Morgan fingerprint density at radius 1 is 1.31 bits per heavy atom. The maximum absolute atomic E-state index is 12.7. The molecular weight excluding hydrogens is 412 g/mol. The Labute approximate surface area is 177 Å². The number of thioether (sulfide) groups is 1. The van der Waals surface area contributed by atoms with Gasteiger partial charge in [0.2, 0.25) is 0 Å². The Morgan fingerprint density at radius 3 is 2.72 bits per heavy atom. The average molecular weight is 433 g/mol. The number of ether oxygens (including phenoxy) is 1. The fourth-order valence-corrected chi connectivity index (χ4v) is 4.50. The quantitative estimate of drug-likeness (QED) is 0.408. The molecule has 0 radical (unpaired) electrons. The third-order valence-electron chi connectivity index (χ3n) is 4.57. The number of para-hydroxylation sites is 1. The third-order valence-corrected chi connectivity index (χ3v) is 5.95. The molecule has 0 bridgehead atoms. The van der Waals surface area contributed by atoms with E-state index < -0.39 is 5.97 Å². The van der Waals surface area contributed by atoms with Crippen molar-refractivity contribution in [1.82, 2.24) is 9.47 Å². The molecule has 9 heteroatoms. The van der Waals surface area contributed by atoms with Crippen molar-refractivity contribution in [2.24, 2.45) is 0 Å². The lowest BCUT2D eigenvalue weighted by Gasteiger charge is -2.12. The number of carbonyl (C=O) groups is 3. The molecule has 0 atom stereocenters. The van der Waals surface area contributed by atoms with Crippen LogP contribution in [0, 0.1) is 6.92 Å². The van der Waals surface area contributed by atoms with Crippen LogP contribution in [0.4, 0.5) is 0 Å². The van der Waals surface area contributed by atoms with Gasteiger partial charge in [0.15, 0.2) is 0 Å². The van der Waals surface area contributed by atoms with E-state index in [2.05, 4.69) is 0 Å². The number of esters is 1. The summed E-state index contributed by atoms with van der Waals surface area (Å²) in [7, 11) is 0. The van der Waals surface area contributed by atoms with Crippen LogP contribution < -0.4 is 0 Å². The zero-order valence-electron chi connectivity index (χ0n) is 16.0. The summed E-state index contributed by atoms with van der Waals surface area (Å²) < 4.78 is 7.29. The SMILES string of the molecule is CCOC(=O)Cn1c(C)c(/C=C2\SC(=S)N(CCC(=O)O)C2=O)c2ccccc21. The molecule has 3 rings (SSSR count). The van der Waals surface area contributed by atoms with E-state index in [9.17, 15) is 14.4 Å². The molecule has 1 amide bonds. The first-order chi connectivity index (χ1) is 13.8. The lowest BCUT2D eigenvalue weighted by Crippen LogP contribution is -2.30. The number of aromatic nitrogens is 1. The normalized spacial score (nSPS) is 15.5. The standard InChI is InChI=1S/C20H20N2O5S2/c1-3-27-18(25)11-22-12(2)14(13-6-4-5-7-15(13)22)10-16-19(26)21(20(28)29-16)9-8-17(23)24/h4-7,10H,3,8-9,11H2,1-2H3,(H,23,24)/b16-10-. The number of rotatable bonds is 7. The summed E-state index contributed by atoms with van der Waals surface area (Å²) in [6, 6.07) is 7.63. The number of thiocarbonyl (C=S) groups is 1. The van der Waals surface area contributed by atoms with Gasteiger partial charge in [-0.2, -0.15) is 0 Å². The lowest BCUT2D eigenvalue weighted by molar-refractivity contribution is -0.143. The van der Waals surface area contributed by atoms with Crippen molar-refractivity contribution in [1.29, 1.82) is 0 Å². The van der Waals surface area contributed by atoms with Crippen LogP contribution in [-0.2, 0) is 25.7 Å². The smallest absolute Gasteiger partial charge is 0.325 e. The predicted octanol–water partition coefficient (Wildman–Crippen LogP) is 3.19. The first-order valence-corrected chi connectivity index (χ1v) is 10.3. The lowest BCUT2D eigenvalue weighted by atomic mass is 10.1. The molecule has 2 heterocycles. The molecule has 0 saturated carbocycles. The molecule has 0 unspecified atom stereocenters. The van der Waals surface area contributed by atoms with E-state index in [1.54, 1.807) is 13.0 Å². The first-order valence-electron chi connectivity index (χ1n) is 9.04. The van der Waals surface area contributed by atoms with Crippen molar-refractivity contribution in [3.8, 4) is 0 Å². The minimum absolute atomic E-state index is 0.0426. The number of carbonyl (C=O) groups excluding carboxylic acids is 2. The monoisotopic (exact) mass is 432 g/mol. The highest BCUT2D eigenvalue weighted by Gasteiger charge is 2.32. The van der Waals surface area contributed by atoms with Gasteiger partial charge < -0.3 is 14.4 Å². The van der Waals surface area contributed by atoms with Crippen LogP contribution in [-0.4, -0.2) is 49.9 Å². The Bertz CT molecular complexity index is 1040.